The van der Waals surface area contributed by atoms with Crippen LogP contribution in [0.4, 0.5) is 10.1 Å². The number of sulfone groups is 1. The van der Waals surface area contributed by atoms with Crippen LogP contribution in [0.15, 0.2) is 53.4 Å². The Labute approximate surface area is 164 Å². The van der Waals surface area contributed by atoms with Gasteiger partial charge in [-0.25, -0.2) is 12.8 Å². The lowest BCUT2D eigenvalue weighted by molar-refractivity contribution is -0.116. The van der Waals surface area contributed by atoms with Crippen molar-refractivity contribution in [1.82, 2.24) is 0 Å². The maximum Gasteiger partial charge on any atom is 0.224 e. The van der Waals surface area contributed by atoms with Gasteiger partial charge < -0.3 is 10.1 Å². The van der Waals surface area contributed by atoms with Crippen LogP contribution in [0.25, 0.3) is 0 Å². The fourth-order valence-electron chi connectivity index (χ4n) is 3.34. The maximum absolute atomic E-state index is 13.5. The summed E-state index contributed by atoms with van der Waals surface area (Å²) in [5, 5.41) is 2.40. The third-order valence-corrected chi connectivity index (χ3v) is 7.09. The number of ether oxygens (including phenoxy) is 1. The van der Waals surface area contributed by atoms with Crippen molar-refractivity contribution in [3.63, 3.8) is 0 Å². The van der Waals surface area contributed by atoms with Crippen molar-refractivity contribution in [3.05, 3.63) is 54.3 Å². The first-order chi connectivity index (χ1) is 13.5. The number of anilines is 1. The molecule has 1 N–H and O–H groups in total. The second-order valence-electron chi connectivity index (χ2n) is 6.91. The van der Waals surface area contributed by atoms with Gasteiger partial charge in [-0.15, -0.1) is 0 Å². The van der Waals surface area contributed by atoms with Crippen LogP contribution in [0, 0.1) is 5.82 Å². The molecule has 0 heterocycles. The summed E-state index contributed by atoms with van der Waals surface area (Å²) in [6.45, 7) is 0.213. The highest BCUT2D eigenvalue weighted by Gasteiger charge is 2.30. The van der Waals surface area contributed by atoms with Crippen molar-refractivity contribution in [2.45, 2.75) is 48.7 Å². The van der Waals surface area contributed by atoms with Gasteiger partial charge in [0.15, 0.2) is 21.4 Å². The number of carbonyl (C=O) groups excluding carboxylic acids is 1. The largest absolute Gasteiger partial charge is 0.491 e. The molecule has 0 atom stereocenters. The molecule has 7 heteroatoms. The summed E-state index contributed by atoms with van der Waals surface area (Å²) in [5.74, 6) is -0.521. The number of hydrogen-bond acceptors (Lipinski definition) is 4. The van der Waals surface area contributed by atoms with E-state index in [-0.39, 0.29) is 34.8 Å². The number of nitrogens with one attached hydrogen (secondary N) is 1. The summed E-state index contributed by atoms with van der Waals surface area (Å²) in [4.78, 5) is 12.4. The number of rotatable bonds is 8. The average molecular weight is 405 g/mol. The lowest BCUT2D eigenvalue weighted by atomic mass is 10.2. The molecule has 1 amide bonds. The number of benzene rings is 2. The molecule has 1 fully saturated rings. The van der Waals surface area contributed by atoms with Crippen LogP contribution in [0.3, 0.4) is 0 Å². The van der Waals surface area contributed by atoms with Crippen LogP contribution in [0.5, 0.6) is 5.75 Å². The minimum atomic E-state index is -3.36. The average Bonchev–Trinajstić information content (AvgIpc) is 3.22. The third kappa shape index (κ3) is 5.10. The standard InChI is InChI=1S/C21H24FNO4S/c22-19-11-3-4-12-20(19)27-14-6-13-21(24)23-16-7-5-10-18(15-16)28(25,26)17-8-1-2-9-17/h3-5,7,10-12,15,17H,1-2,6,8-9,13-14H2,(H,23,24). The molecule has 0 aromatic heterocycles. The summed E-state index contributed by atoms with van der Waals surface area (Å²) >= 11 is 0. The van der Waals surface area contributed by atoms with Crippen LogP contribution >= 0.6 is 0 Å². The van der Waals surface area contributed by atoms with Crippen LogP contribution in [-0.4, -0.2) is 26.2 Å². The van der Waals surface area contributed by atoms with Gasteiger partial charge in [0.1, 0.15) is 0 Å². The quantitative estimate of drug-likeness (QED) is 0.663. The lowest BCUT2D eigenvalue weighted by Crippen LogP contribution is -2.18. The molecule has 2 aromatic rings. The Hall–Kier alpha value is -2.41. The SMILES string of the molecule is O=C(CCCOc1ccccc1F)Nc1cccc(S(=O)(=O)C2CCCC2)c1. The van der Waals surface area contributed by atoms with E-state index >= 15 is 0 Å². The van der Waals surface area contributed by atoms with Crippen LogP contribution in [0.2, 0.25) is 0 Å². The van der Waals surface area contributed by atoms with Gasteiger partial charge in [0.05, 0.1) is 16.8 Å². The first-order valence-electron chi connectivity index (χ1n) is 9.48. The molecular formula is C21H24FNO4S. The zero-order valence-electron chi connectivity index (χ0n) is 15.6. The normalized spacial score (nSPS) is 14.8. The van der Waals surface area contributed by atoms with Crippen molar-refractivity contribution >= 4 is 21.4 Å². The Balaban J connectivity index is 1.51. The third-order valence-electron chi connectivity index (χ3n) is 4.83. The summed E-state index contributed by atoms with van der Waals surface area (Å²) in [5.41, 5.74) is 0.457. The van der Waals surface area contributed by atoms with Crippen LogP contribution < -0.4 is 10.1 Å². The predicted octanol–water partition coefficient (Wildman–Crippen LogP) is 4.34. The molecule has 0 saturated heterocycles. The molecule has 150 valence electrons. The van der Waals surface area contributed by atoms with Gasteiger partial charge in [-0.05, 0) is 49.6 Å². The predicted molar refractivity (Wildman–Crippen MR) is 106 cm³/mol. The van der Waals surface area contributed by atoms with Gasteiger partial charge in [-0.1, -0.05) is 31.0 Å². The van der Waals surface area contributed by atoms with Crippen molar-refractivity contribution in [1.29, 1.82) is 0 Å². The molecule has 5 nitrogen and oxygen atoms in total. The Morgan fingerprint density at radius 2 is 1.86 bits per heavy atom. The molecule has 28 heavy (non-hydrogen) atoms. The highest BCUT2D eigenvalue weighted by molar-refractivity contribution is 7.92. The van der Waals surface area contributed by atoms with E-state index in [0.717, 1.165) is 12.8 Å². The molecule has 0 bridgehead atoms. The van der Waals surface area contributed by atoms with Crippen molar-refractivity contribution < 1.29 is 22.3 Å². The fraction of sp³-hybridized carbons (Fsp3) is 0.381. The molecule has 1 aliphatic rings. The molecule has 0 aliphatic heterocycles. The van der Waals surface area contributed by atoms with Gasteiger partial charge in [0.25, 0.3) is 0 Å². The Kier molecular flexibility index (Phi) is 6.67. The van der Waals surface area contributed by atoms with E-state index in [1.165, 1.54) is 18.2 Å². The second-order valence-corrected chi connectivity index (χ2v) is 9.14. The molecule has 0 unspecified atom stereocenters. The van der Waals surface area contributed by atoms with E-state index in [2.05, 4.69) is 5.32 Å². The van der Waals surface area contributed by atoms with Crippen LogP contribution in [0.1, 0.15) is 38.5 Å². The van der Waals surface area contributed by atoms with Crippen LogP contribution in [-0.2, 0) is 14.6 Å². The fourth-order valence-corrected chi connectivity index (χ4v) is 5.24. The van der Waals surface area contributed by atoms with Gasteiger partial charge in [-0.3, -0.25) is 4.79 Å². The van der Waals surface area contributed by atoms with E-state index < -0.39 is 15.7 Å². The first kappa shape index (κ1) is 20.3. The van der Waals surface area contributed by atoms with Gasteiger partial charge >= 0.3 is 0 Å². The monoisotopic (exact) mass is 405 g/mol. The first-order valence-corrected chi connectivity index (χ1v) is 11.0. The molecule has 0 radical (unpaired) electrons. The molecule has 0 spiro atoms. The van der Waals surface area contributed by atoms with Gasteiger partial charge in [0, 0.05) is 12.1 Å². The molecule has 1 aliphatic carbocycles. The second kappa shape index (κ2) is 9.19. The van der Waals surface area contributed by atoms with Crippen molar-refractivity contribution in [2.75, 3.05) is 11.9 Å². The zero-order chi connectivity index (χ0) is 20.0. The Morgan fingerprint density at radius 1 is 1.11 bits per heavy atom. The zero-order valence-corrected chi connectivity index (χ0v) is 16.4. The van der Waals surface area contributed by atoms with Gasteiger partial charge in [0.2, 0.25) is 5.91 Å². The number of amides is 1. The lowest BCUT2D eigenvalue weighted by Gasteiger charge is -2.13. The summed E-state index contributed by atoms with van der Waals surface area (Å²) in [7, 11) is -3.36. The summed E-state index contributed by atoms with van der Waals surface area (Å²) in [6, 6.07) is 12.5. The van der Waals surface area contributed by atoms with E-state index in [1.807, 2.05) is 0 Å². The summed E-state index contributed by atoms with van der Waals surface area (Å²) < 4.78 is 44.2. The smallest absolute Gasteiger partial charge is 0.224 e. The van der Waals surface area contributed by atoms with Crippen molar-refractivity contribution in [2.24, 2.45) is 0 Å². The molecule has 2 aromatic carbocycles. The van der Waals surface area contributed by atoms with Gasteiger partial charge in [-0.2, -0.15) is 0 Å². The van der Waals surface area contributed by atoms with E-state index in [1.54, 1.807) is 30.3 Å². The molecule has 1 saturated carbocycles. The minimum Gasteiger partial charge on any atom is -0.491 e. The molecular weight excluding hydrogens is 381 g/mol. The number of carbonyl (C=O) groups is 1. The Bertz CT molecular complexity index is 924. The highest BCUT2D eigenvalue weighted by Crippen LogP contribution is 2.30. The minimum absolute atomic E-state index is 0.160. The number of hydrogen-bond donors (Lipinski definition) is 1. The van der Waals surface area contributed by atoms with Crippen molar-refractivity contribution in [3.8, 4) is 5.75 Å². The molecule has 3 rings (SSSR count). The maximum atomic E-state index is 13.5. The summed E-state index contributed by atoms with van der Waals surface area (Å²) in [6.07, 6.45) is 3.88. The van der Waals surface area contributed by atoms with E-state index in [4.69, 9.17) is 4.74 Å². The highest BCUT2D eigenvalue weighted by atomic mass is 32.2. The number of para-hydroxylation sites is 1. The van der Waals surface area contributed by atoms with E-state index in [9.17, 15) is 17.6 Å². The number of halogens is 1. The Morgan fingerprint density at radius 3 is 2.61 bits per heavy atom. The van der Waals surface area contributed by atoms with E-state index in [0.29, 0.717) is 24.9 Å². The topological polar surface area (TPSA) is 72.5 Å².